The molecule has 1 aliphatic carbocycles. The lowest BCUT2D eigenvalue weighted by Crippen LogP contribution is -2.29. The Labute approximate surface area is 159 Å². The summed E-state index contributed by atoms with van der Waals surface area (Å²) in [7, 11) is 0. The standard InChI is InChI=1S/C20H28N2OS2/c1-14-5-6-15-16-13-24-19(12-18(16)25-17(15)11-14)20(23)21-7-4-10-22-8-2-3-9-22/h12,14H,2-11,13H2,1H3,(H,21,23)/t14-/m0/s1. The van der Waals surface area contributed by atoms with Crippen LogP contribution < -0.4 is 5.32 Å². The van der Waals surface area contributed by atoms with Crippen molar-refractivity contribution in [1.29, 1.82) is 0 Å². The van der Waals surface area contributed by atoms with Gasteiger partial charge in [-0.25, -0.2) is 0 Å². The Balaban J connectivity index is 1.33. The zero-order valence-electron chi connectivity index (χ0n) is 15.1. The van der Waals surface area contributed by atoms with E-state index in [1.54, 1.807) is 22.2 Å². The van der Waals surface area contributed by atoms with Gasteiger partial charge in [0, 0.05) is 22.1 Å². The highest BCUT2D eigenvalue weighted by Gasteiger charge is 2.26. The summed E-state index contributed by atoms with van der Waals surface area (Å²) in [6.45, 7) is 6.73. The van der Waals surface area contributed by atoms with Crippen molar-refractivity contribution in [2.24, 2.45) is 5.92 Å². The van der Waals surface area contributed by atoms with Gasteiger partial charge in [-0.3, -0.25) is 4.79 Å². The highest BCUT2D eigenvalue weighted by Crippen LogP contribution is 2.43. The SMILES string of the molecule is C[C@H]1CCc2c(sc3c2CSC(C(=O)NCCCN2CCCC2)=C3)C1. The van der Waals surface area contributed by atoms with E-state index in [9.17, 15) is 4.79 Å². The van der Waals surface area contributed by atoms with Gasteiger partial charge in [0.1, 0.15) is 0 Å². The van der Waals surface area contributed by atoms with Gasteiger partial charge < -0.3 is 10.2 Å². The van der Waals surface area contributed by atoms with E-state index >= 15 is 0 Å². The lowest BCUT2D eigenvalue weighted by Gasteiger charge is -2.20. The molecule has 1 N–H and O–H groups in total. The number of hydrogen-bond donors (Lipinski definition) is 1. The number of likely N-dealkylation sites (tertiary alicyclic amines) is 1. The van der Waals surface area contributed by atoms with Crippen LogP contribution in [-0.2, 0) is 23.4 Å². The number of nitrogens with zero attached hydrogens (tertiary/aromatic N) is 1. The van der Waals surface area contributed by atoms with Crippen LogP contribution in [-0.4, -0.2) is 37.0 Å². The number of nitrogens with one attached hydrogen (secondary N) is 1. The summed E-state index contributed by atoms with van der Waals surface area (Å²) >= 11 is 3.65. The number of fused-ring (bicyclic) bond motifs is 3. The Kier molecular flexibility index (Phi) is 5.53. The van der Waals surface area contributed by atoms with Crippen molar-refractivity contribution in [1.82, 2.24) is 10.2 Å². The fraction of sp³-hybridized carbons (Fsp3) is 0.650. The molecule has 1 amide bonds. The largest absolute Gasteiger partial charge is 0.352 e. The predicted molar refractivity (Wildman–Crippen MR) is 108 cm³/mol. The van der Waals surface area contributed by atoms with E-state index in [0.29, 0.717) is 0 Å². The molecule has 0 spiro atoms. The number of thioether (sulfide) groups is 1. The van der Waals surface area contributed by atoms with Crippen LogP contribution in [0.3, 0.4) is 0 Å². The van der Waals surface area contributed by atoms with Gasteiger partial charge in [0.15, 0.2) is 0 Å². The zero-order valence-corrected chi connectivity index (χ0v) is 16.7. The van der Waals surface area contributed by atoms with Gasteiger partial charge in [-0.05, 0) is 81.3 Å². The first-order valence-corrected chi connectivity index (χ1v) is 11.5. The molecule has 136 valence electrons. The van der Waals surface area contributed by atoms with Crippen LogP contribution >= 0.6 is 23.1 Å². The van der Waals surface area contributed by atoms with E-state index in [1.807, 2.05) is 11.3 Å². The number of rotatable bonds is 5. The fourth-order valence-electron chi connectivity index (χ4n) is 4.15. The summed E-state index contributed by atoms with van der Waals surface area (Å²) in [5, 5.41) is 3.13. The highest BCUT2D eigenvalue weighted by molar-refractivity contribution is 8.03. The van der Waals surface area contributed by atoms with Gasteiger partial charge in [-0.1, -0.05) is 6.92 Å². The van der Waals surface area contributed by atoms with Crippen LogP contribution in [0, 0.1) is 5.92 Å². The van der Waals surface area contributed by atoms with Gasteiger partial charge >= 0.3 is 0 Å². The monoisotopic (exact) mass is 376 g/mol. The smallest absolute Gasteiger partial charge is 0.257 e. The van der Waals surface area contributed by atoms with E-state index in [-0.39, 0.29) is 5.91 Å². The molecule has 5 heteroatoms. The maximum atomic E-state index is 12.5. The van der Waals surface area contributed by atoms with E-state index in [4.69, 9.17) is 0 Å². The van der Waals surface area contributed by atoms with Crippen molar-refractivity contribution < 1.29 is 4.79 Å². The summed E-state index contributed by atoms with van der Waals surface area (Å²) < 4.78 is 0. The Morgan fingerprint density at radius 2 is 2.16 bits per heavy atom. The van der Waals surface area contributed by atoms with Crippen LogP contribution in [0.1, 0.15) is 53.5 Å². The summed E-state index contributed by atoms with van der Waals surface area (Å²) in [5.74, 6) is 1.90. The number of thiophene rings is 1. The number of carbonyl (C=O) groups is 1. The molecule has 2 aliphatic heterocycles. The maximum absolute atomic E-state index is 12.5. The topological polar surface area (TPSA) is 32.3 Å². The molecule has 1 aromatic heterocycles. The molecule has 1 fully saturated rings. The normalized spacial score (nSPS) is 23.1. The number of amides is 1. The van der Waals surface area contributed by atoms with Crippen LogP contribution in [0.4, 0.5) is 0 Å². The Morgan fingerprint density at radius 3 is 3.00 bits per heavy atom. The van der Waals surface area contributed by atoms with Crippen LogP contribution in [0.5, 0.6) is 0 Å². The first-order valence-electron chi connectivity index (χ1n) is 9.69. The average Bonchev–Trinajstić information content (AvgIpc) is 3.24. The third-order valence-corrected chi connectivity index (χ3v) is 7.94. The molecular weight excluding hydrogens is 348 g/mol. The highest BCUT2D eigenvalue weighted by atomic mass is 32.2. The molecule has 1 aromatic rings. The van der Waals surface area contributed by atoms with Crippen LogP contribution in [0.25, 0.3) is 6.08 Å². The fourth-order valence-corrected chi connectivity index (χ4v) is 6.83. The lowest BCUT2D eigenvalue weighted by atomic mass is 9.88. The molecule has 0 unspecified atom stereocenters. The Morgan fingerprint density at radius 1 is 1.32 bits per heavy atom. The van der Waals surface area contributed by atoms with E-state index < -0.39 is 0 Å². The van der Waals surface area contributed by atoms with Crippen LogP contribution in [0.15, 0.2) is 4.91 Å². The first-order chi connectivity index (χ1) is 12.2. The Bertz CT molecular complexity index is 673. The molecule has 0 bridgehead atoms. The summed E-state index contributed by atoms with van der Waals surface area (Å²) in [6, 6.07) is 0. The second-order valence-electron chi connectivity index (χ2n) is 7.65. The molecule has 0 radical (unpaired) electrons. The second kappa shape index (κ2) is 7.85. The van der Waals surface area contributed by atoms with Gasteiger partial charge in [-0.15, -0.1) is 23.1 Å². The second-order valence-corrected chi connectivity index (χ2v) is 9.80. The van der Waals surface area contributed by atoms with Gasteiger partial charge in [0.05, 0.1) is 4.91 Å². The minimum absolute atomic E-state index is 0.122. The third-order valence-electron chi connectivity index (χ3n) is 5.65. The molecule has 0 saturated carbocycles. The van der Waals surface area contributed by atoms with Crippen LogP contribution in [0.2, 0.25) is 0 Å². The minimum Gasteiger partial charge on any atom is -0.352 e. The lowest BCUT2D eigenvalue weighted by molar-refractivity contribution is -0.116. The third kappa shape index (κ3) is 3.99. The molecule has 1 atom stereocenters. The van der Waals surface area contributed by atoms with Crippen molar-refractivity contribution in [2.45, 2.75) is 51.2 Å². The van der Waals surface area contributed by atoms with E-state index in [0.717, 1.165) is 36.1 Å². The van der Waals surface area contributed by atoms with Gasteiger partial charge in [0.25, 0.3) is 5.91 Å². The summed E-state index contributed by atoms with van der Waals surface area (Å²) in [5.41, 5.74) is 3.12. The van der Waals surface area contributed by atoms with Crippen molar-refractivity contribution in [3.05, 3.63) is 25.8 Å². The van der Waals surface area contributed by atoms with E-state index in [2.05, 4.69) is 23.2 Å². The predicted octanol–water partition coefficient (Wildman–Crippen LogP) is 4.06. The molecule has 1 saturated heterocycles. The molecule has 3 aliphatic rings. The number of hydrogen-bond acceptors (Lipinski definition) is 4. The van der Waals surface area contributed by atoms with Crippen molar-refractivity contribution in [3.8, 4) is 0 Å². The molecule has 25 heavy (non-hydrogen) atoms. The minimum atomic E-state index is 0.122. The molecule has 3 nitrogen and oxygen atoms in total. The molecule has 3 heterocycles. The van der Waals surface area contributed by atoms with E-state index in [1.165, 1.54) is 55.6 Å². The first kappa shape index (κ1) is 17.6. The van der Waals surface area contributed by atoms with Gasteiger partial charge in [-0.2, -0.15) is 0 Å². The molecule has 0 aromatic carbocycles. The quantitative estimate of drug-likeness (QED) is 0.787. The van der Waals surface area contributed by atoms with Gasteiger partial charge in [0.2, 0.25) is 0 Å². The van der Waals surface area contributed by atoms with Crippen molar-refractivity contribution in [3.63, 3.8) is 0 Å². The summed E-state index contributed by atoms with van der Waals surface area (Å²) in [6.07, 6.45) is 9.64. The average molecular weight is 377 g/mol. The zero-order chi connectivity index (χ0) is 17.2. The molecule has 4 rings (SSSR count). The number of carbonyl (C=O) groups excluding carboxylic acids is 1. The maximum Gasteiger partial charge on any atom is 0.257 e. The van der Waals surface area contributed by atoms with Crippen molar-refractivity contribution >= 4 is 35.1 Å². The summed E-state index contributed by atoms with van der Waals surface area (Å²) in [4.78, 5) is 18.8. The van der Waals surface area contributed by atoms with Crippen molar-refractivity contribution in [2.75, 3.05) is 26.2 Å². The Hall–Kier alpha value is -0.780. The molecular formula is C20H28N2OS2.